The normalized spacial score (nSPS) is 12.7. The van der Waals surface area contributed by atoms with Crippen LogP contribution in [0.2, 0.25) is 19.6 Å². The first-order chi connectivity index (χ1) is 4.11. The first-order valence-electron chi connectivity index (χ1n) is 3.47. The van der Waals surface area contributed by atoms with E-state index in [-0.39, 0.29) is 43.3 Å². The van der Waals surface area contributed by atoms with Gasteiger partial charge in [-0.25, -0.2) is 0 Å². The molecule has 1 rings (SSSR count). The quantitative estimate of drug-likeness (QED) is 0.476. The molecule has 0 nitrogen and oxygen atoms in total. The molecule has 0 saturated heterocycles. The van der Waals surface area contributed by atoms with Crippen LogP contribution in [-0.4, -0.2) is 8.07 Å². The van der Waals surface area contributed by atoms with E-state index in [2.05, 4.69) is 37.9 Å². The van der Waals surface area contributed by atoms with Crippen LogP contribution < -0.4 is 0 Å². The minimum absolute atomic E-state index is 0. The van der Waals surface area contributed by atoms with Crippen molar-refractivity contribution < 1.29 is 21.1 Å². The fourth-order valence-electron chi connectivity index (χ4n) is 1.00. The maximum absolute atomic E-state index is 2.39. The monoisotopic (exact) mass is 378 g/mol. The molecule has 0 aromatic heterocycles. The zero-order valence-electron chi connectivity index (χ0n) is 9.76. The maximum atomic E-state index is 2.39. The van der Waals surface area contributed by atoms with Crippen molar-refractivity contribution in [3.8, 4) is 0 Å². The van der Waals surface area contributed by atoms with Gasteiger partial charge in [-0.05, 0) is 6.42 Å². The van der Waals surface area contributed by atoms with E-state index in [1.54, 1.807) is 5.20 Å². The van der Waals surface area contributed by atoms with Crippen molar-refractivity contribution >= 4 is 8.07 Å². The summed E-state index contributed by atoms with van der Waals surface area (Å²) in [6.45, 7) is 7.18. The Bertz CT molecular complexity index is 163. The molecule has 0 fully saturated rings. The van der Waals surface area contributed by atoms with Crippen LogP contribution in [0, 0.1) is 22.3 Å². The predicted octanol–water partition coefficient (Wildman–Crippen LogP) is 4.10. The van der Waals surface area contributed by atoms with Crippen molar-refractivity contribution in [2.24, 2.45) is 0 Å². The summed E-state index contributed by atoms with van der Waals surface area (Å²) in [5.41, 5.74) is 0. The summed E-state index contributed by atoms with van der Waals surface area (Å²) in [7, 11) is -0.926. The minimum atomic E-state index is -0.926. The molecule has 0 bridgehead atoms. The van der Waals surface area contributed by atoms with E-state index in [0.29, 0.717) is 0 Å². The van der Waals surface area contributed by atoms with Gasteiger partial charge in [0.25, 0.3) is 0 Å². The molecule has 0 amide bonds. The van der Waals surface area contributed by atoms with Crippen LogP contribution in [0.3, 0.4) is 0 Å². The van der Waals surface area contributed by atoms with Gasteiger partial charge >= 0.3 is 0 Å². The van der Waals surface area contributed by atoms with Crippen molar-refractivity contribution in [3.63, 3.8) is 0 Å². The van der Waals surface area contributed by atoms with Gasteiger partial charge in [0.1, 0.15) is 0 Å². The van der Waals surface area contributed by atoms with Crippen molar-refractivity contribution in [2.75, 3.05) is 0 Å². The largest absolute Gasteiger partial charge is 0.358 e. The average molecular weight is 378 g/mol. The van der Waals surface area contributed by atoms with Crippen molar-refractivity contribution in [3.05, 3.63) is 45.7 Å². The second-order valence-electron chi connectivity index (χ2n) is 3.57. The maximum Gasteiger partial charge on any atom is 0.0728 e. The molecule has 13 heavy (non-hydrogen) atoms. The summed E-state index contributed by atoms with van der Waals surface area (Å²) in [4.78, 5) is 0. The molecule has 0 unspecified atom stereocenters. The zero-order valence-corrected chi connectivity index (χ0v) is 13.0. The van der Waals surface area contributed by atoms with Crippen molar-refractivity contribution in [2.45, 2.75) is 26.1 Å². The Balaban J connectivity index is -0.000000101. The van der Waals surface area contributed by atoms with Gasteiger partial charge in [-0.3, -0.25) is 0 Å². The van der Waals surface area contributed by atoms with E-state index in [1.807, 2.05) is 0 Å². The molecular weight excluding hydrogens is 355 g/mol. The second-order valence-corrected chi connectivity index (χ2v) is 8.72. The SMILES string of the molecule is C[Si](C)(C)C1=CC=CC1.[CH3-].[CH3-].[CH3-].[Pt]. The smallest absolute Gasteiger partial charge is 0.0728 e. The molecule has 0 aromatic rings. The van der Waals surface area contributed by atoms with E-state index in [9.17, 15) is 0 Å². The topological polar surface area (TPSA) is 0 Å². The van der Waals surface area contributed by atoms with Gasteiger partial charge in [0.05, 0.1) is 8.07 Å². The summed E-state index contributed by atoms with van der Waals surface area (Å²) >= 11 is 0. The van der Waals surface area contributed by atoms with Crippen molar-refractivity contribution in [1.29, 1.82) is 0 Å². The number of rotatable bonds is 1. The van der Waals surface area contributed by atoms with Crippen LogP contribution in [0.25, 0.3) is 0 Å². The fraction of sp³-hybridized carbons (Fsp3) is 0.364. The van der Waals surface area contributed by atoms with E-state index in [1.165, 1.54) is 6.42 Å². The summed E-state index contributed by atoms with van der Waals surface area (Å²) in [6.07, 6.45) is 7.92. The first kappa shape index (κ1) is 23.3. The van der Waals surface area contributed by atoms with E-state index in [0.717, 1.165) is 0 Å². The summed E-state index contributed by atoms with van der Waals surface area (Å²) in [6, 6.07) is 0. The zero-order chi connectivity index (χ0) is 6.91. The molecule has 1 aliphatic rings. The Morgan fingerprint density at radius 1 is 1.08 bits per heavy atom. The Labute approximate surface area is 101 Å². The third-order valence-electron chi connectivity index (χ3n) is 1.73. The summed E-state index contributed by atoms with van der Waals surface area (Å²) in [5, 5.41) is 1.68. The van der Waals surface area contributed by atoms with Crippen LogP contribution >= 0.6 is 0 Å². The molecular formula is C11H23PtSi-3. The van der Waals surface area contributed by atoms with Crippen LogP contribution in [-0.2, 0) is 21.1 Å². The minimum Gasteiger partial charge on any atom is -0.358 e. The van der Waals surface area contributed by atoms with Crippen LogP contribution in [0.15, 0.2) is 23.4 Å². The van der Waals surface area contributed by atoms with Gasteiger partial charge in [0.2, 0.25) is 0 Å². The molecule has 84 valence electrons. The van der Waals surface area contributed by atoms with Crippen molar-refractivity contribution in [1.82, 2.24) is 0 Å². The van der Waals surface area contributed by atoms with Gasteiger partial charge in [-0.2, -0.15) is 0 Å². The van der Waals surface area contributed by atoms with Gasteiger partial charge in [0, 0.05) is 21.1 Å². The number of allylic oxidation sites excluding steroid dienone is 4. The van der Waals surface area contributed by atoms with E-state index < -0.39 is 8.07 Å². The first-order valence-corrected chi connectivity index (χ1v) is 6.97. The van der Waals surface area contributed by atoms with Gasteiger partial charge in [-0.1, -0.05) is 43.1 Å². The Morgan fingerprint density at radius 2 is 1.54 bits per heavy atom. The van der Waals surface area contributed by atoms with Gasteiger partial charge in [0.15, 0.2) is 0 Å². The molecule has 0 aromatic carbocycles. The van der Waals surface area contributed by atoms with Gasteiger partial charge in [-0.15, -0.1) is 0 Å². The van der Waals surface area contributed by atoms with Crippen LogP contribution in [0.1, 0.15) is 6.42 Å². The third-order valence-corrected chi connectivity index (χ3v) is 4.03. The Hall–Kier alpha value is 0.385. The average Bonchev–Trinajstić information content (AvgIpc) is 2.08. The number of hydrogen-bond acceptors (Lipinski definition) is 0. The molecule has 0 N–H and O–H groups in total. The molecule has 1 aliphatic carbocycles. The van der Waals surface area contributed by atoms with Gasteiger partial charge < -0.3 is 22.3 Å². The molecule has 0 atom stereocenters. The molecule has 0 heterocycles. The Kier molecular flexibility index (Phi) is 16.1. The molecule has 2 heteroatoms. The molecule has 0 spiro atoms. The standard InChI is InChI=1S/C8H14Si.3CH3.Pt/c1-9(2,3)8-6-4-5-7-8;;;;/h4-6H,7H2,1-3H3;3*1H3;/q;3*-1;. The Morgan fingerprint density at radius 3 is 1.69 bits per heavy atom. The predicted molar refractivity (Wildman–Crippen MR) is 64.4 cm³/mol. The molecule has 0 radical (unpaired) electrons. The third kappa shape index (κ3) is 7.46. The summed E-state index contributed by atoms with van der Waals surface area (Å²) < 4.78 is 0. The van der Waals surface area contributed by atoms with E-state index >= 15 is 0 Å². The van der Waals surface area contributed by atoms with E-state index in [4.69, 9.17) is 0 Å². The summed E-state index contributed by atoms with van der Waals surface area (Å²) in [5.74, 6) is 0. The fourth-order valence-corrected chi connectivity index (χ4v) is 2.33. The molecule has 0 aliphatic heterocycles. The number of hydrogen-bond donors (Lipinski definition) is 0. The van der Waals surface area contributed by atoms with Crippen LogP contribution in [0.4, 0.5) is 0 Å². The van der Waals surface area contributed by atoms with Crippen LogP contribution in [0.5, 0.6) is 0 Å². The molecule has 0 saturated carbocycles. The second kappa shape index (κ2) is 8.96.